The van der Waals surface area contributed by atoms with Gasteiger partial charge in [-0.2, -0.15) is 0 Å². The van der Waals surface area contributed by atoms with Gasteiger partial charge in [0, 0.05) is 17.3 Å². The number of nitrogens with one attached hydrogen (secondary N) is 2. The normalized spacial score (nSPS) is 10.6. The highest BCUT2D eigenvalue weighted by Gasteiger charge is 2.04. The van der Waals surface area contributed by atoms with E-state index in [-0.39, 0.29) is 11.0 Å². The van der Waals surface area contributed by atoms with Crippen molar-refractivity contribution in [2.24, 2.45) is 0 Å². The molecule has 0 spiro atoms. The van der Waals surface area contributed by atoms with Crippen molar-refractivity contribution in [3.63, 3.8) is 0 Å². The van der Waals surface area contributed by atoms with E-state index in [1.165, 1.54) is 6.08 Å². The van der Waals surface area contributed by atoms with E-state index in [1.54, 1.807) is 6.08 Å². The number of ether oxygens (including phenoxy) is 1. The van der Waals surface area contributed by atoms with Gasteiger partial charge in [0.25, 0.3) is 0 Å². The van der Waals surface area contributed by atoms with Crippen LogP contribution in [0.15, 0.2) is 77.2 Å². The average Bonchev–Trinajstić information content (AvgIpc) is 3.18. The third-order valence-electron chi connectivity index (χ3n) is 3.74. The fourth-order valence-electron chi connectivity index (χ4n) is 2.47. The molecule has 5 nitrogen and oxygen atoms in total. The van der Waals surface area contributed by atoms with Crippen molar-refractivity contribution in [2.45, 2.75) is 6.92 Å². The minimum atomic E-state index is -0.346. The summed E-state index contributed by atoms with van der Waals surface area (Å²) in [5.74, 6) is 1.76. The molecule has 0 atom stereocenters. The van der Waals surface area contributed by atoms with Crippen molar-refractivity contribution >= 4 is 35.0 Å². The number of thiocarbonyl (C=S) groups is 1. The van der Waals surface area contributed by atoms with E-state index in [9.17, 15) is 4.79 Å². The molecule has 0 saturated heterocycles. The monoisotopic (exact) mass is 392 g/mol. The van der Waals surface area contributed by atoms with E-state index in [0.29, 0.717) is 12.4 Å². The summed E-state index contributed by atoms with van der Waals surface area (Å²) in [5, 5.41) is 5.76. The van der Waals surface area contributed by atoms with Crippen molar-refractivity contribution in [3.05, 3.63) is 78.6 Å². The van der Waals surface area contributed by atoms with Crippen LogP contribution in [-0.2, 0) is 4.79 Å². The number of hydrogen-bond acceptors (Lipinski definition) is 4. The SMILES string of the molecule is CCOc1ccc(NC(=S)NC(=O)/C=C/c2ccc(-c3ccccc3)o2)cc1. The molecule has 0 radical (unpaired) electrons. The van der Waals surface area contributed by atoms with Crippen molar-refractivity contribution in [2.75, 3.05) is 11.9 Å². The molecule has 3 rings (SSSR count). The number of carbonyl (C=O) groups excluding carboxylic acids is 1. The molecule has 1 heterocycles. The minimum Gasteiger partial charge on any atom is -0.494 e. The molecule has 0 fully saturated rings. The lowest BCUT2D eigenvalue weighted by atomic mass is 10.2. The van der Waals surface area contributed by atoms with E-state index in [0.717, 1.165) is 22.8 Å². The lowest BCUT2D eigenvalue weighted by Crippen LogP contribution is -2.32. The maximum Gasteiger partial charge on any atom is 0.250 e. The number of furan rings is 1. The Bertz CT molecular complexity index is 963. The summed E-state index contributed by atoms with van der Waals surface area (Å²) >= 11 is 5.16. The Hall–Kier alpha value is -3.38. The molecule has 2 N–H and O–H groups in total. The molecule has 1 amide bonds. The first-order valence-corrected chi connectivity index (χ1v) is 9.23. The first-order chi connectivity index (χ1) is 13.6. The Labute approximate surface area is 169 Å². The van der Waals surface area contributed by atoms with E-state index >= 15 is 0 Å². The Kier molecular flexibility index (Phi) is 6.59. The van der Waals surface area contributed by atoms with Crippen LogP contribution in [0.4, 0.5) is 5.69 Å². The molecular weight excluding hydrogens is 372 g/mol. The van der Waals surface area contributed by atoms with Gasteiger partial charge in [0.1, 0.15) is 17.3 Å². The van der Waals surface area contributed by atoms with Gasteiger partial charge in [-0.3, -0.25) is 10.1 Å². The third-order valence-corrected chi connectivity index (χ3v) is 3.95. The van der Waals surface area contributed by atoms with Gasteiger partial charge in [0.2, 0.25) is 5.91 Å². The molecule has 0 unspecified atom stereocenters. The second kappa shape index (κ2) is 9.53. The summed E-state index contributed by atoms with van der Waals surface area (Å²) in [6.07, 6.45) is 2.97. The maximum absolute atomic E-state index is 12.0. The van der Waals surface area contributed by atoms with E-state index in [4.69, 9.17) is 21.4 Å². The first kappa shape index (κ1) is 19.4. The highest BCUT2D eigenvalue weighted by Crippen LogP contribution is 2.22. The number of amides is 1. The zero-order valence-corrected chi connectivity index (χ0v) is 16.2. The van der Waals surface area contributed by atoms with Gasteiger partial charge in [-0.15, -0.1) is 0 Å². The fourth-order valence-corrected chi connectivity index (χ4v) is 2.69. The Morgan fingerprint density at radius 2 is 1.82 bits per heavy atom. The molecular formula is C22H20N2O3S. The molecule has 3 aromatic rings. The average molecular weight is 392 g/mol. The molecule has 0 saturated carbocycles. The smallest absolute Gasteiger partial charge is 0.250 e. The van der Waals surface area contributed by atoms with Crippen LogP contribution < -0.4 is 15.4 Å². The highest BCUT2D eigenvalue weighted by atomic mass is 32.1. The maximum atomic E-state index is 12.0. The van der Waals surface area contributed by atoms with Gasteiger partial charge in [0.15, 0.2) is 5.11 Å². The van der Waals surface area contributed by atoms with Crippen molar-refractivity contribution < 1.29 is 13.9 Å². The van der Waals surface area contributed by atoms with Crippen molar-refractivity contribution in [1.82, 2.24) is 5.32 Å². The van der Waals surface area contributed by atoms with Crippen LogP contribution in [0.3, 0.4) is 0 Å². The molecule has 6 heteroatoms. The predicted molar refractivity (Wildman–Crippen MR) is 115 cm³/mol. The Morgan fingerprint density at radius 3 is 2.54 bits per heavy atom. The number of rotatable bonds is 6. The quantitative estimate of drug-likeness (QED) is 0.463. The van der Waals surface area contributed by atoms with E-state index in [1.807, 2.05) is 73.7 Å². The highest BCUT2D eigenvalue weighted by molar-refractivity contribution is 7.80. The van der Waals surface area contributed by atoms with Crippen LogP contribution in [0.2, 0.25) is 0 Å². The number of benzene rings is 2. The predicted octanol–water partition coefficient (Wildman–Crippen LogP) is 4.87. The zero-order chi connectivity index (χ0) is 19.8. The van der Waals surface area contributed by atoms with E-state index < -0.39 is 0 Å². The van der Waals surface area contributed by atoms with Crippen LogP contribution in [0.1, 0.15) is 12.7 Å². The largest absolute Gasteiger partial charge is 0.494 e. The molecule has 28 heavy (non-hydrogen) atoms. The molecule has 0 aliphatic heterocycles. The van der Waals surface area contributed by atoms with Gasteiger partial charge < -0.3 is 14.5 Å². The molecule has 2 aromatic carbocycles. The van der Waals surface area contributed by atoms with Crippen LogP contribution in [0.5, 0.6) is 5.75 Å². The van der Waals surface area contributed by atoms with Crippen LogP contribution in [0, 0.1) is 0 Å². The second-order valence-electron chi connectivity index (χ2n) is 5.80. The lowest BCUT2D eigenvalue weighted by Gasteiger charge is -2.09. The molecule has 1 aromatic heterocycles. The summed E-state index contributed by atoms with van der Waals surface area (Å²) in [6, 6.07) is 20.7. The van der Waals surface area contributed by atoms with E-state index in [2.05, 4.69) is 10.6 Å². The topological polar surface area (TPSA) is 63.5 Å². The minimum absolute atomic E-state index is 0.211. The Morgan fingerprint density at radius 1 is 1.07 bits per heavy atom. The van der Waals surface area contributed by atoms with Crippen LogP contribution in [0.25, 0.3) is 17.4 Å². The summed E-state index contributed by atoms with van der Waals surface area (Å²) < 4.78 is 11.1. The van der Waals surface area contributed by atoms with Gasteiger partial charge in [-0.05, 0) is 61.6 Å². The molecule has 0 aliphatic carbocycles. The van der Waals surface area contributed by atoms with Gasteiger partial charge >= 0.3 is 0 Å². The summed E-state index contributed by atoms with van der Waals surface area (Å²) in [7, 11) is 0. The summed E-state index contributed by atoms with van der Waals surface area (Å²) in [4.78, 5) is 12.0. The third kappa shape index (κ3) is 5.56. The Balaban J connectivity index is 1.52. The first-order valence-electron chi connectivity index (χ1n) is 8.82. The number of carbonyl (C=O) groups is 1. The van der Waals surface area contributed by atoms with Crippen LogP contribution >= 0.6 is 12.2 Å². The fraction of sp³-hybridized carbons (Fsp3) is 0.0909. The van der Waals surface area contributed by atoms with Gasteiger partial charge in [-0.1, -0.05) is 30.3 Å². The summed E-state index contributed by atoms with van der Waals surface area (Å²) in [6.45, 7) is 2.53. The second-order valence-corrected chi connectivity index (χ2v) is 6.21. The standard InChI is InChI=1S/C22H20N2O3S/c1-2-26-18-10-8-17(9-11-18)23-22(28)24-21(25)15-13-19-12-14-20(27-19)16-6-4-3-5-7-16/h3-15H,2H2,1H3,(H2,23,24,25,28)/b15-13+. The lowest BCUT2D eigenvalue weighted by molar-refractivity contribution is -0.115. The van der Waals surface area contributed by atoms with Crippen molar-refractivity contribution in [1.29, 1.82) is 0 Å². The van der Waals surface area contributed by atoms with Gasteiger partial charge in [0.05, 0.1) is 6.61 Å². The molecule has 142 valence electrons. The molecule has 0 aliphatic rings. The summed E-state index contributed by atoms with van der Waals surface area (Å²) in [5.41, 5.74) is 1.74. The van der Waals surface area contributed by atoms with Gasteiger partial charge in [-0.25, -0.2) is 0 Å². The number of anilines is 1. The van der Waals surface area contributed by atoms with Crippen molar-refractivity contribution in [3.8, 4) is 17.1 Å². The number of hydrogen-bond donors (Lipinski definition) is 2. The van der Waals surface area contributed by atoms with Crippen LogP contribution in [-0.4, -0.2) is 17.6 Å². The zero-order valence-electron chi connectivity index (χ0n) is 15.3. The molecule has 0 bridgehead atoms.